The molecule has 23 heavy (non-hydrogen) atoms. The molecule has 2 rings (SSSR count). The Morgan fingerprint density at radius 3 is 2.22 bits per heavy atom. The van der Waals surface area contributed by atoms with Gasteiger partial charge in [-0.15, -0.1) is 0 Å². The second kappa shape index (κ2) is 7.39. The number of benzene rings is 2. The number of hydrogen-bond donors (Lipinski definition) is 2. The normalized spacial score (nSPS) is 12.6. The summed E-state index contributed by atoms with van der Waals surface area (Å²) in [6.07, 6.45) is 0.283. The zero-order chi connectivity index (χ0) is 16.9. The van der Waals surface area contributed by atoms with E-state index >= 15 is 0 Å². The van der Waals surface area contributed by atoms with Gasteiger partial charge >= 0.3 is 0 Å². The molecule has 1 amide bonds. The van der Waals surface area contributed by atoms with Crippen molar-refractivity contribution in [3.05, 3.63) is 65.7 Å². The molecule has 2 aromatic rings. The van der Waals surface area contributed by atoms with Gasteiger partial charge in [-0.05, 0) is 31.0 Å². The van der Waals surface area contributed by atoms with E-state index in [9.17, 15) is 13.2 Å². The minimum Gasteiger partial charge on any atom is -0.358 e. The molecule has 1 unspecified atom stereocenters. The number of hydrogen-bond acceptors (Lipinski definition) is 3. The molecule has 2 N–H and O–H groups in total. The lowest BCUT2D eigenvalue weighted by Crippen LogP contribution is -2.46. The van der Waals surface area contributed by atoms with Crippen LogP contribution in [0.25, 0.3) is 0 Å². The maximum absolute atomic E-state index is 12.5. The fourth-order valence-corrected chi connectivity index (χ4v) is 3.38. The van der Waals surface area contributed by atoms with Crippen molar-refractivity contribution in [3.63, 3.8) is 0 Å². The molecule has 1 atom stereocenters. The Kier molecular flexibility index (Phi) is 5.52. The minimum absolute atomic E-state index is 0.144. The van der Waals surface area contributed by atoms with Crippen LogP contribution in [0, 0.1) is 6.92 Å². The number of amides is 1. The molecule has 0 spiro atoms. The number of likely N-dealkylation sites (N-methyl/N-ethyl adjacent to an activating group) is 1. The lowest BCUT2D eigenvalue weighted by molar-refractivity contribution is -0.122. The Hall–Kier alpha value is -2.18. The van der Waals surface area contributed by atoms with Gasteiger partial charge in [0.25, 0.3) is 0 Å². The summed E-state index contributed by atoms with van der Waals surface area (Å²) in [5, 5.41) is 2.50. The average Bonchev–Trinajstić information content (AvgIpc) is 2.54. The molecule has 2 aromatic carbocycles. The van der Waals surface area contributed by atoms with Crippen LogP contribution < -0.4 is 10.0 Å². The highest BCUT2D eigenvalue weighted by atomic mass is 32.2. The number of sulfonamides is 1. The second-order valence-corrected chi connectivity index (χ2v) is 7.00. The van der Waals surface area contributed by atoms with Crippen LogP contribution in [0.5, 0.6) is 0 Å². The number of nitrogens with one attached hydrogen (secondary N) is 2. The molecule has 0 bridgehead atoms. The van der Waals surface area contributed by atoms with Crippen molar-refractivity contribution in [3.8, 4) is 0 Å². The maximum atomic E-state index is 12.5. The monoisotopic (exact) mass is 332 g/mol. The van der Waals surface area contributed by atoms with Gasteiger partial charge in [-0.25, -0.2) is 8.42 Å². The van der Waals surface area contributed by atoms with Gasteiger partial charge < -0.3 is 5.32 Å². The van der Waals surface area contributed by atoms with Gasteiger partial charge in [-0.1, -0.05) is 48.0 Å². The highest BCUT2D eigenvalue weighted by Crippen LogP contribution is 2.12. The van der Waals surface area contributed by atoms with Gasteiger partial charge in [0.2, 0.25) is 15.9 Å². The lowest BCUT2D eigenvalue weighted by Gasteiger charge is -2.17. The van der Waals surface area contributed by atoms with Crippen molar-refractivity contribution in [2.75, 3.05) is 7.05 Å². The molecule has 0 aromatic heterocycles. The molecular formula is C17H20N2O3S. The standard InChI is InChI=1S/C17H20N2O3S/c1-13-8-10-15(11-9-13)23(21,22)19-16(17(20)18-2)12-14-6-4-3-5-7-14/h3-11,16,19H,12H2,1-2H3,(H,18,20). The van der Waals surface area contributed by atoms with Gasteiger partial charge in [-0.3, -0.25) is 4.79 Å². The van der Waals surface area contributed by atoms with Crippen molar-refractivity contribution in [2.24, 2.45) is 0 Å². The number of rotatable bonds is 6. The molecular weight excluding hydrogens is 312 g/mol. The zero-order valence-electron chi connectivity index (χ0n) is 13.1. The number of carbonyl (C=O) groups excluding carboxylic acids is 1. The van der Waals surface area contributed by atoms with E-state index in [0.717, 1.165) is 11.1 Å². The van der Waals surface area contributed by atoms with Crippen LogP contribution in [0.3, 0.4) is 0 Å². The summed E-state index contributed by atoms with van der Waals surface area (Å²) < 4.78 is 27.4. The van der Waals surface area contributed by atoms with E-state index in [4.69, 9.17) is 0 Å². The van der Waals surface area contributed by atoms with E-state index < -0.39 is 16.1 Å². The molecule has 0 radical (unpaired) electrons. The Morgan fingerprint density at radius 1 is 1.04 bits per heavy atom. The predicted molar refractivity (Wildman–Crippen MR) is 89.5 cm³/mol. The minimum atomic E-state index is -3.76. The van der Waals surface area contributed by atoms with Crippen molar-refractivity contribution in [1.82, 2.24) is 10.0 Å². The fourth-order valence-electron chi connectivity index (χ4n) is 2.18. The van der Waals surface area contributed by atoms with E-state index in [1.807, 2.05) is 37.3 Å². The van der Waals surface area contributed by atoms with Crippen LogP contribution in [0.1, 0.15) is 11.1 Å². The maximum Gasteiger partial charge on any atom is 0.241 e. The van der Waals surface area contributed by atoms with Gasteiger partial charge in [0.1, 0.15) is 6.04 Å². The molecule has 0 saturated carbocycles. The molecule has 5 nitrogen and oxygen atoms in total. The first-order chi connectivity index (χ1) is 10.9. The van der Waals surface area contributed by atoms with Crippen LogP contribution in [0.15, 0.2) is 59.5 Å². The summed E-state index contributed by atoms with van der Waals surface area (Å²) in [7, 11) is -2.28. The molecule has 0 fully saturated rings. The lowest BCUT2D eigenvalue weighted by atomic mass is 10.1. The quantitative estimate of drug-likeness (QED) is 0.844. The number of carbonyl (C=O) groups is 1. The molecule has 0 aliphatic rings. The Balaban J connectivity index is 2.23. The molecule has 0 aliphatic heterocycles. The van der Waals surface area contributed by atoms with Gasteiger partial charge in [0.05, 0.1) is 4.90 Å². The van der Waals surface area contributed by atoms with Crippen LogP contribution >= 0.6 is 0 Å². The van der Waals surface area contributed by atoms with E-state index in [1.54, 1.807) is 12.1 Å². The average molecular weight is 332 g/mol. The van der Waals surface area contributed by atoms with Gasteiger partial charge in [0.15, 0.2) is 0 Å². The molecule has 122 valence electrons. The van der Waals surface area contributed by atoms with E-state index in [2.05, 4.69) is 10.0 Å². The highest BCUT2D eigenvalue weighted by Gasteiger charge is 2.25. The third-order valence-corrected chi connectivity index (χ3v) is 4.96. The van der Waals surface area contributed by atoms with Crippen LogP contribution in [0.4, 0.5) is 0 Å². The Labute approximate surface area is 136 Å². The van der Waals surface area contributed by atoms with E-state index in [0.29, 0.717) is 0 Å². The smallest absolute Gasteiger partial charge is 0.241 e. The first kappa shape index (κ1) is 17.2. The van der Waals surface area contributed by atoms with E-state index in [-0.39, 0.29) is 17.2 Å². The third kappa shape index (κ3) is 4.64. The third-order valence-electron chi connectivity index (χ3n) is 3.47. The topological polar surface area (TPSA) is 75.3 Å². The SMILES string of the molecule is CNC(=O)C(Cc1ccccc1)NS(=O)(=O)c1ccc(C)cc1. The predicted octanol–water partition coefficient (Wildman–Crippen LogP) is 1.63. The van der Waals surface area contributed by atoms with Crippen molar-refractivity contribution < 1.29 is 13.2 Å². The summed E-state index contributed by atoms with van der Waals surface area (Å²) in [6, 6.07) is 14.9. The first-order valence-electron chi connectivity index (χ1n) is 7.27. The van der Waals surface area contributed by atoms with Crippen molar-refractivity contribution >= 4 is 15.9 Å². The zero-order valence-corrected chi connectivity index (χ0v) is 13.9. The largest absolute Gasteiger partial charge is 0.358 e. The van der Waals surface area contributed by atoms with Gasteiger partial charge in [0, 0.05) is 7.05 Å². The second-order valence-electron chi connectivity index (χ2n) is 5.29. The van der Waals surface area contributed by atoms with Crippen molar-refractivity contribution in [1.29, 1.82) is 0 Å². The van der Waals surface area contributed by atoms with Crippen LogP contribution in [-0.2, 0) is 21.2 Å². The summed E-state index contributed by atoms with van der Waals surface area (Å²) >= 11 is 0. The first-order valence-corrected chi connectivity index (χ1v) is 8.75. The van der Waals surface area contributed by atoms with Gasteiger partial charge in [-0.2, -0.15) is 4.72 Å². The number of aryl methyl sites for hydroxylation is 1. The summed E-state index contributed by atoms with van der Waals surface area (Å²) in [5.41, 5.74) is 1.85. The molecule has 0 saturated heterocycles. The van der Waals surface area contributed by atoms with E-state index in [1.165, 1.54) is 19.2 Å². The van der Waals surface area contributed by atoms with Crippen LogP contribution in [0.2, 0.25) is 0 Å². The molecule has 0 heterocycles. The molecule has 0 aliphatic carbocycles. The van der Waals surface area contributed by atoms with Crippen molar-refractivity contribution in [2.45, 2.75) is 24.3 Å². The highest BCUT2D eigenvalue weighted by molar-refractivity contribution is 7.89. The summed E-state index contributed by atoms with van der Waals surface area (Å²) in [4.78, 5) is 12.2. The Morgan fingerprint density at radius 2 is 1.65 bits per heavy atom. The van der Waals surface area contributed by atoms with Crippen LogP contribution in [-0.4, -0.2) is 27.4 Å². The Bertz CT molecular complexity index is 756. The summed E-state index contributed by atoms with van der Waals surface area (Å²) in [5.74, 6) is -0.371. The fraction of sp³-hybridized carbons (Fsp3) is 0.235. The summed E-state index contributed by atoms with van der Waals surface area (Å²) in [6.45, 7) is 1.88. The molecule has 6 heteroatoms.